The van der Waals surface area contributed by atoms with Crippen LogP contribution in [0.5, 0.6) is 0 Å². The Morgan fingerprint density at radius 2 is 2.24 bits per heavy atom. The number of aromatic nitrogens is 4. The molecule has 0 saturated carbocycles. The van der Waals surface area contributed by atoms with Gasteiger partial charge in [-0.25, -0.2) is 4.68 Å². The highest BCUT2D eigenvalue weighted by Gasteiger charge is 2.24. The molecule has 0 spiro atoms. The Balaban J connectivity index is 1.64. The van der Waals surface area contributed by atoms with Crippen molar-refractivity contribution < 1.29 is 4.79 Å². The summed E-state index contributed by atoms with van der Waals surface area (Å²) in [6.07, 6.45) is 0.914. The number of amides is 1. The van der Waals surface area contributed by atoms with Crippen molar-refractivity contribution in [1.82, 2.24) is 20.2 Å². The van der Waals surface area contributed by atoms with Gasteiger partial charge in [0.25, 0.3) is 0 Å². The Kier molecular flexibility index (Phi) is 4.16. The Morgan fingerprint density at radius 3 is 3.10 bits per heavy atom. The minimum atomic E-state index is 0.0762. The van der Waals surface area contributed by atoms with Crippen LogP contribution < -0.4 is 10.6 Å². The standard InChI is InChI=1S/C13H16N6OS/c14-6-8-19-13(15-16-17-19)21-9-12(20)18-7-5-10-3-1-2-4-11(10)18/h1-4H,5-9,14H2. The molecular weight excluding hydrogens is 288 g/mol. The monoisotopic (exact) mass is 304 g/mol. The summed E-state index contributed by atoms with van der Waals surface area (Å²) in [5.74, 6) is 0.395. The fourth-order valence-corrected chi connectivity index (χ4v) is 3.14. The first kappa shape index (κ1) is 14.0. The van der Waals surface area contributed by atoms with E-state index in [1.807, 2.05) is 23.1 Å². The van der Waals surface area contributed by atoms with E-state index < -0.39 is 0 Å². The maximum atomic E-state index is 12.4. The number of carbonyl (C=O) groups is 1. The van der Waals surface area contributed by atoms with Crippen LogP contribution in [0.15, 0.2) is 29.4 Å². The lowest BCUT2D eigenvalue weighted by atomic mass is 10.2. The molecular formula is C13H16N6OS. The fraction of sp³-hybridized carbons (Fsp3) is 0.385. The predicted octanol–water partition coefficient (Wildman–Crippen LogP) is 0.313. The molecule has 3 rings (SSSR count). The van der Waals surface area contributed by atoms with Crippen molar-refractivity contribution in [3.8, 4) is 0 Å². The lowest BCUT2D eigenvalue weighted by molar-refractivity contribution is -0.116. The SMILES string of the molecule is NCCn1nnnc1SCC(=O)N1CCc2ccccc21. The first-order valence-electron chi connectivity index (χ1n) is 6.77. The molecule has 0 fully saturated rings. The molecule has 0 radical (unpaired) electrons. The Bertz CT molecular complexity index is 643. The molecule has 0 aliphatic carbocycles. The third kappa shape index (κ3) is 2.91. The zero-order valence-corrected chi connectivity index (χ0v) is 12.3. The third-order valence-corrected chi connectivity index (χ3v) is 4.29. The van der Waals surface area contributed by atoms with Gasteiger partial charge in [-0.1, -0.05) is 30.0 Å². The molecule has 7 nitrogen and oxygen atoms in total. The van der Waals surface area contributed by atoms with Gasteiger partial charge in [-0.15, -0.1) is 5.10 Å². The number of nitrogens with two attached hydrogens (primary N) is 1. The maximum absolute atomic E-state index is 12.4. The second-order valence-electron chi connectivity index (χ2n) is 4.69. The largest absolute Gasteiger partial charge is 0.329 e. The van der Waals surface area contributed by atoms with Crippen molar-refractivity contribution in [2.45, 2.75) is 18.1 Å². The van der Waals surface area contributed by atoms with Crippen molar-refractivity contribution in [3.63, 3.8) is 0 Å². The minimum Gasteiger partial charge on any atom is -0.329 e. The fourth-order valence-electron chi connectivity index (χ4n) is 2.36. The molecule has 1 aliphatic heterocycles. The molecule has 1 aromatic carbocycles. The predicted molar refractivity (Wildman–Crippen MR) is 80.1 cm³/mol. The van der Waals surface area contributed by atoms with Crippen molar-refractivity contribution in [1.29, 1.82) is 0 Å². The minimum absolute atomic E-state index is 0.0762. The average Bonchev–Trinajstić information content (AvgIpc) is 3.12. The summed E-state index contributed by atoms with van der Waals surface area (Å²) in [6.45, 7) is 1.76. The number of hydrogen-bond donors (Lipinski definition) is 1. The molecule has 0 unspecified atom stereocenters. The number of thioether (sulfide) groups is 1. The van der Waals surface area contributed by atoms with E-state index in [-0.39, 0.29) is 5.91 Å². The van der Waals surface area contributed by atoms with Crippen molar-refractivity contribution in [2.24, 2.45) is 5.73 Å². The maximum Gasteiger partial charge on any atom is 0.237 e. The van der Waals surface area contributed by atoms with Crippen LogP contribution >= 0.6 is 11.8 Å². The van der Waals surface area contributed by atoms with Gasteiger partial charge in [0, 0.05) is 18.8 Å². The molecule has 2 aromatic rings. The summed E-state index contributed by atoms with van der Waals surface area (Å²) in [4.78, 5) is 14.2. The zero-order valence-electron chi connectivity index (χ0n) is 11.5. The number of fused-ring (bicyclic) bond motifs is 1. The van der Waals surface area contributed by atoms with Crippen LogP contribution in [-0.2, 0) is 17.8 Å². The number of para-hydroxylation sites is 1. The molecule has 2 N–H and O–H groups in total. The summed E-state index contributed by atoms with van der Waals surface area (Å²) in [5, 5.41) is 12.0. The van der Waals surface area contributed by atoms with Gasteiger partial charge in [-0.3, -0.25) is 4.79 Å². The van der Waals surface area contributed by atoms with Crippen molar-refractivity contribution in [2.75, 3.05) is 23.7 Å². The van der Waals surface area contributed by atoms with E-state index in [2.05, 4.69) is 21.6 Å². The van der Waals surface area contributed by atoms with Gasteiger partial charge in [0.15, 0.2) is 0 Å². The van der Waals surface area contributed by atoms with Crippen LogP contribution in [0, 0.1) is 0 Å². The number of rotatable bonds is 5. The summed E-state index contributed by atoms with van der Waals surface area (Å²) in [5.41, 5.74) is 7.74. The van der Waals surface area contributed by atoms with Gasteiger partial charge in [-0.05, 0) is 28.5 Å². The smallest absolute Gasteiger partial charge is 0.237 e. The summed E-state index contributed by atoms with van der Waals surface area (Å²) in [7, 11) is 0. The van der Waals surface area contributed by atoms with Crippen LogP contribution in [0.1, 0.15) is 5.56 Å². The number of anilines is 1. The molecule has 0 bridgehead atoms. The number of tetrazole rings is 1. The van der Waals surface area contributed by atoms with Crippen LogP contribution in [0.4, 0.5) is 5.69 Å². The van der Waals surface area contributed by atoms with E-state index in [9.17, 15) is 4.79 Å². The highest BCUT2D eigenvalue weighted by atomic mass is 32.2. The van der Waals surface area contributed by atoms with Gasteiger partial charge in [0.2, 0.25) is 11.1 Å². The van der Waals surface area contributed by atoms with Crippen molar-refractivity contribution >= 4 is 23.4 Å². The summed E-state index contributed by atoms with van der Waals surface area (Å²) in [6, 6.07) is 8.02. The molecule has 2 heterocycles. The molecule has 21 heavy (non-hydrogen) atoms. The van der Waals surface area contributed by atoms with E-state index in [4.69, 9.17) is 5.73 Å². The van der Waals surface area contributed by atoms with Gasteiger partial charge >= 0.3 is 0 Å². The molecule has 0 atom stereocenters. The number of hydrogen-bond acceptors (Lipinski definition) is 6. The lowest BCUT2D eigenvalue weighted by Crippen LogP contribution is -2.30. The van der Waals surface area contributed by atoms with Gasteiger partial charge < -0.3 is 10.6 Å². The van der Waals surface area contributed by atoms with Crippen molar-refractivity contribution in [3.05, 3.63) is 29.8 Å². The average molecular weight is 304 g/mol. The summed E-state index contributed by atoms with van der Waals surface area (Å²) < 4.78 is 1.62. The molecule has 110 valence electrons. The van der Waals surface area contributed by atoms with Gasteiger partial charge in [-0.2, -0.15) is 0 Å². The van der Waals surface area contributed by atoms with E-state index in [1.54, 1.807) is 4.68 Å². The number of nitrogens with zero attached hydrogens (tertiary/aromatic N) is 5. The second-order valence-corrected chi connectivity index (χ2v) is 5.63. The van der Waals surface area contributed by atoms with E-state index >= 15 is 0 Å². The van der Waals surface area contributed by atoms with Crippen LogP contribution in [0.25, 0.3) is 0 Å². The van der Waals surface area contributed by atoms with Crippen LogP contribution in [-0.4, -0.2) is 45.0 Å². The first-order valence-corrected chi connectivity index (χ1v) is 7.75. The van der Waals surface area contributed by atoms with Gasteiger partial charge in [0.1, 0.15) is 0 Å². The van der Waals surface area contributed by atoms with Gasteiger partial charge in [0.05, 0.1) is 12.3 Å². The molecule has 1 amide bonds. The normalized spacial score (nSPS) is 13.5. The molecule has 0 saturated heterocycles. The Hall–Kier alpha value is -1.93. The molecule has 8 heteroatoms. The first-order chi connectivity index (χ1) is 10.3. The lowest BCUT2D eigenvalue weighted by Gasteiger charge is -2.16. The van der Waals surface area contributed by atoms with E-state index in [1.165, 1.54) is 17.3 Å². The topological polar surface area (TPSA) is 89.9 Å². The zero-order chi connectivity index (χ0) is 14.7. The van der Waals surface area contributed by atoms with Crippen LogP contribution in [0.3, 0.4) is 0 Å². The van der Waals surface area contributed by atoms with E-state index in [0.717, 1.165) is 18.7 Å². The number of benzene rings is 1. The summed E-state index contributed by atoms with van der Waals surface area (Å²) >= 11 is 1.34. The molecule has 1 aromatic heterocycles. The Morgan fingerprint density at radius 1 is 1.38 bits per heavy atom. The second kappa shape index (κ2) is 6.23. The highest BCUT2D eigenvalue weighted by molar-refractivity contribution is 7.99. The molecule has 1 aliphatic rings. The third-order valence-electron chi connectivity index (χ3n) is 3.35. The highest BCUT2D eigenvalue weighted by Crippen LogP contribution is 2.28. The van der Waals surface area contributed by atoms with Crippen LogP contribution in [0.2, 0.25) is 0 Å². The number of carbonyl (C=O) groups excluding carboxylic acids is 1. The van der Waals surface area contributed by atoms with E-state index in [0.29, 0.717) is 24.0 Å². The Labute approximate surface area is 126 Å². The quantitative estimate of drug-likeness (QED) is 0.800.